The van der Waals surface area contributed by atoms with E-state index in [0.717, 1.165) is 5.56 Å². The summed E-state index contributed by atoms with van der Waals surface area (Å²) in [4.78, 5) is 14.1. The second-order valence-electron chi connectivity index (χ2n) is 6.99. The molecule has 1 fully saturated rings. The summed E-state index contributed by atoms with van der Waals surface area (Å²) in [6.45, 7) is 2.71. The molecule has 0 aliphatic carbocycles. The van der Waals surface area contributed by atoms with Crippen molar-refractivity contribution in [2.75, 3.05) is 19.3 Å². The molecule has 1 atom stereocenters. The predicted octanol–water partition coefficient (Wildman–Crippen LogP) is 3.69. The molecule has 0 aromatic heterocycles. The van der Waals surface area contributed by atoms with Crippen LogP contribution in [0.4, 0.5) is 0 Å². The van der Waals surface area contributed by atoms with Gasteiger partial charge in [-0.15, -0.1) is 11.8 Å². The van der Waals surface area contributed by atoms with Gasteiger partial charge in [0.1, 0.15) is 0 Å². The third-order valence-corrected chi connectivity index (χ3v) is 7.84. The summed E-state index contributed by atoms with van der Waals surface area (Å²) >= 11 is 1.69. The molecule has 3 rings (SSSR count). The molecule has 0 spiro atoms. The van der Waals surface area contributed by atoms with E-state index in [1.807, 2.05) is 25.3 Å². The number of nitrogens with one attached hydrogen (secondary N) is 1. The maximum absolute atomic E-state index is 12.7. The van der Waals surface area contributed by atoms with E-state index in [1.54, 1.807) is 42.1 Å². The van der Waals surface area contributed by atoms with Gasteiger partial charge >= 0.3 is 0 Å². The van der Waals surface area contributed by atoms with E-state index in [-0.39, 0.29) is 17.9 Å². The van der Waals surface area contributed by atoms with Crippen LogP contribution in [-0.4, -0.2) is 38.0 Å². The van der Waals surface area contributed by atoms with Crippen molar-refractivity contribution in [2.45, 2.75) is 35.6 Å². The van der Waals surface area contributed by atoms with E-state index < -0.39 is 10.0 Å². The minimum Gasteiger partial charge on any atom is -0.349 e. The Balaban J connectivity index is 1.56. The van der Waals surface area contributed by atoms with E-state index in [9.17, 15) is 13.2 Å². The Morgan fingerprint density at radius 3 is 2.25 bits per heavy atom. The molecule has 1 N–H and O–H groups in total. The highest BCUT2D eigenvalue weighted by Gasteiger charge is 2.32. The molecule has 2 aromatic rings. The standard InChI is InChI=1S/C21H26N2O3S2/c1-16(17-8-10-19(27-2)11-9-17)22-21(24)18-12-14-23(15-13-18)28(25,26)20-6-4-3-5-7-20/h3-11,16,18H,12-15H2,1-2H3,(H,22,24)/t16-/m1/s1. The highest BCUT2D eigenvalue weighted by Crippen LogP contribution is 2.25. The first-order chi connectivity index (χ1) is 13.4. The van der Waals surface area contributed by atoms with Crippen LogP contribution in [0.2, 0.25) is 0 Å². The van der Waals surface area contributed by atoms with Crippen molar-refractivity contribution < 1.29 is 13.2 Å². The lowest BCUT2D eigenvalue weighted by Gasteiger charge is -2.31. The van der Waals surface area contributed by atoms with Crippen LogP contribution < -0.4 is 5.32 Å². The van der Waals surface area contributed by atoms with Crippen molar-refractivity contribution in [2.24, 2.45) is 5.92 Å². The lowest BCUT2D eigenvalue weighted by atomic mass is 9.96. The van der Waals surface area contributed by atoms with Crippen molar-refractivity contribution >= 4 is 27.7 Å². The van der Waals surface area contributed by atoms with Crippen LogP contribution in [-0.2, 0) is 14.8 Å². The fourth-order valence-corrected chi connectivity index (χ4v) is 5.31. The van der Waals surface area contributed by atoms with Gasteiger partial charge in [-0.1, -0.05) is 30.3 Å². The summed E-state index contributed by atoms with van der Waals surface area (Å²) in [5.74, 6) is -0.159. The molecule has 0 unspecified atom stereocenters. The van der Waals surface area contributed by atoms with Gasteiger partial charge in [-0.2, -0.15) is 4.31 Å². The van der Waals surface area contributed by atoms with E-state index in [0.29, 0.717) is 30.8 Å². The molecule has 1 heterocycles. The molecule has 1 amide bonds. The molecule has 0 radical (unpaired) electrons. The second kappa shape index (κ2) is 9.11. The van der Waals surface area contributed by atoms with Gasteiger partial charge in [-0.3, -0.25) is 4.79 Å². The predicted molar refractivity (Wildman–Crippen MR) is 113 cm³/mol. The zero-order valence-electron chi connectivity index (χ0n) is 16.2. The van der Waals surface area contributed by atoms with Gasteiger partial charge < -0.3 is 5.32 Å². The van der Waals surface area contributed by atoms with Gasteiger partial charge in [-0.05, 0) is 55.9 Å². The van der Waals surface area contributed by atoms with Crippen LogP contribution in [0.1, 0.15) is 31.4 Å². The Bertz CT molecular complexity index is 891. The maximum Gasteiger partial charge on any atom is 0.243 e. The Morgan fingerprint density at radius 2 is 1.68 bits per heavy atom. The first kappa shape index (κ1) is 20.9. The number of rotatable bonds is 6. The molecular weight excluding hydrogens is 392 g/mol. The number of carbonyl (C=O) groups excluding carboxylic acids is 1. The Labute approximate surface area is 171 Å². The van der Waals surface area contributed by atoms with E-state index in [4.69, 9.17) is 0 Å². The summed E-state index contributed by atoms with van der Waals surface area (Å²) in [5.41, 5.74) is 1.07. The third kappa shape index (κ3) is 4.77. The van der Waals surface area contributed by atoms with E-state index in [2.05, 4.69) is 17.4 Å². The highest BCUT2D eigenvalue weighted by molar-refractivity contribution is 7.98. The largest absolute Gasteiger partial charge is 0.349 e. The van der Waals surface area contributed by atoms with Crippen LogP contribution in [0.25, 0.3) is 0 Å². The molecule has 0 saturated carbocycles. The third-order valence-electron chi connectivity index (χ3n) is 5.18. The van der Waals surface area contributed by atoms with Crippen LogP contribution in [0.5, 0.6) is 0 Å². The minimum absolute atomic E-state index is 0.00166. The molecule has 1 saturated heterocycles. The van der Waals surface area contributed by atoms with Gasteiger partial charge in [0.25, 0.3) is 0 Å². The monoisotopic (exact) mass is 418 g/mol. The van der Waals surface area contributed by atoms with Crippen molar-refractivity contribution in [1.29, 1.82) is 0 Å². The Morgan fingerprint density at radius 1 is 1.07 bits per heavy atom. The molecule has 28 heavy (non-hydrogen) atoms. The Kier molecular flexibility index (Phi) is 6.80. The van der Waals surface area contributed by atoms with Gasteiger partial charge in [0.05, 0.1) is 10.9 Å². The topological polar surface area (TPSA) is 66.5 Å². The lowest BCUT2D eigenvalue weighted by molar-refractivity contribution is -0.126. The zero-order chi connectivity index (χ0) is 20.1. The van der Waals surface area contributed by atoms with Gasteiger partial charge in [0.15, 0.2) is 0 Å². The molecule has 1 aliphatic rings. The summed E-state index contributed by atoms with van der Waals surface area (Å²) in [5, 5.41) is 3.07. The maximum atomic E-state index is 12.7. The van der Waals surface area contributed by atoms with Crippen LogP contribution in [0.15, 0.2) is 64.4 Å². The van der Waals surface area contributed by atoms with Crippen LogP contribution >= 0.6 is 11.8 Å². The van der Waals surface area contributed by atoms with Crippen LogP contribution in [0, 0.1) is 5.92 Å². The summed E-state index contributed by atoms with van der Waals surface area (Å²) < 4.78 is 26.9. The number of thioether (sulfide) groups is 1. The minimum atomic E-state index is -3.48. The Hall–Kier alpha value is -1.83. The number of hydrogen-bond donors (Lipinski definition) is 1. The highest BCUT2D eigenvalue weighted by atomic mass is 32.2. The van der Waals surface area contributed by atoms with Crippen LogP contribution in [0.3, 0.4) is 0 Å². The molecular formula is C21H26N2O3S2. The number of piperidine rings is 1. The van der Waals surface area contributed by atoms with Crippen molar-refractivity contribution in [3.05, 3.63) is 60.2 Å². The normalized spacial score (nSPS) is 17.2. The number of sulfonamides is 1. The number of carbonyl (C=O) groups is 1. The average molecular weight is 419 g/mol. The molecule has 1 aliphatic heterocycles. The molecule has 150 valence electrons. The fourth-order valence-electron chi connectivity index (χ4n) is 3.41. The smallest absolute Gasteiger partial charge is 0.243 e. The van der Waals surface area contributed by atoms with Gasteiger partial charge in [0.2, 0.25) is 15.9 Å². The second-order valence-corrected chi connectivity index (χ2v) is 9.81. The van der Waals surface area contributed by atoms with Crippen molar-refractivity contribution in [3.63, 3.8) is 0 Å². The lowest BCUT2D eigenvalue weighted by Crippen LogP contribution is -2.43. The number of benzene rings is 2. The van der Waals surface area contributed by atoms with Crippen molar-refractivity contribution in [3.8, 4) is 0 Å². The molecule has 7 heteroatoms. The first-order valence-corrected chi connectivity index (χ1v) is 12.1. The summed E-state index contributed by atoms with van der Waals surface area (Å²) in [6, 6.07) is 16.6. The summed E-state index contributed by atoms with van der Waals surface area (Å²) in [7, 11) is -3.48. The molecule has 2 aromatic carbocycles. The molecule has 5 nitrogen and oxygen atoms in total. The van der Waals surface area contributed by atoms with E-state index >= 15 is 0 Å². The number of nitrogens with zero attached hydrogens (tertiary/aromatic N) is 1. The zero-order valence-corrected chi connectivity index (χ0v) is 17.8. The fraction of sp³-hybridized carbons (Fsp3) is 0.381. The number of amides is 1. The number of hydrogen-bond acceptors (Lipinski definition) is 4. The van der Waals surface area contributed by atoms with Crippen molar-refractivity contribution in [1.82, 2.24) is 9.62 Å². The SMILES string of the molecule is CSc1ccc([C@@H](C)NC(=O)C2CCN(S(=O)(=O)c3ccccc3)CC2)cc1. The molecule has 0 bridgehead atoms. The quantitative estimate of drug-likeness (QED) is 0.727. The van der Waals surface area contributed by atoms with Gasteiger partial charge in [-0.25, -0.2) is 8.42 Å². The van der Waals surface area contributed by atoms with Gasteiger partial charge in [0, 0.05) is 23.9 Å². The van der Waals surface area contributed by atoms with E-state index in [1.165, 1.54) is 9.20 Å². The first-order valence-electron chi connectivity index (χ1n) is 9.41. The average Bonchev–Trinajstić information content (AvgIpc) is 2.74. The summed E-state index contributed by atoms with van der Waals surface area (Å²) in [6.07, 6.45) is 3.11.